The van der Waals surface area contributed by atoms with Crippen LogP contribution < -0.4 is 10.6 Å². The first-order chi connectivity index (χ1) is 13.5. The topological polar surface area (TPSA) is 45.7 Å². The highest BCUT2D eigenvalue weighted by atomic mass is 19.1. The molecule has 2 aromatic rings. The second kappa shape index (κ2) is 9.20. The molecule has 1 aliphatic heterocycles. The van der Waals surface area contributed by atoms with Gasteiger partial charge in [-0.05, 0) is 55.0 Å². The number of benzene rings is 2. The minimum absolute atomic E-state index is 0.0354. The van der Waals surface area contributed by atoms with E-state index in [1.807, 2.05) is 6.07 Å². The molecule has 0 bridgehead atoms. The van der Waals surface area contributed by atoms with Crippen LogP contribution in [0.4, 0.5) is 4.39 Å². The second-order valence-corrected chi connectivity index (χ2v) is 7.57. The lowest BCUT2D eigenvalue weighted by molar-refractivity contribution is 0.0512. The second-order valence-electron chi connectivity index (χ2n) is 7.57. The molecule has 0 spiro atoms. The molecule has 28 heavy (non-hydrogen) atoms. The summed E-state index contributed by atoms with van der Waals surface area (Å²) >= 11 is 0. The first-order valence-corrected chi connectivity index (χ1v) is 9.87. The van der Waals surface area contributed by atoms with Crippen LogP contribution in [0.15, 0.2) is 47.5 Å². The van der Waals surface area contributed by atoms with Crippen LogP contribution in [-0.2, 0) is 16.7 Å². The summed E-state index contributed by atoms with van der Waals surface area (Å²) in [4.78, 5) is 4.36. The van der Waals surface area contributed by atoms with Gasteiger partial charge in [-0.25, -0.2) is 4.39 Å². The van der Waals surface area contributed by atoms with Gasteiger partial charge in [0.2, 0.25) is 0 Å². The Morgan fingerprint density at radius 3 is 2.50 bits per heavy atom. The van der Waals surface area contributed by atoms with Crippen LogP contribution in [0.2, 0.25) is 0 Å². The van der Waals surface area contributed by atoms with E-state index in [0.29, 0.717) is 12.1 Å². The van der Waals surface area contributed by atoms with E-state index in [1.54, 1.807) is 20.0 Å². The highest BCUT2D eigenvalue weighted by Gasteiger charge is 2.35. The summed E-state index contributed by atoms with van der Waals surface area (Å²) in [5, 5.41) is 6.85. The van der Waals surface area contributed by atoms with Crippen LogP contribution >= 0.6 is 0 Å². The van der Waals surface area contributed by atoms with Crippen molar-refractivity contribution in [3.8, 4) is 0 Å². The van der Waals surface area contributed by atoms with Crippen LogP contribution in [0.25, 0.3) is 0 Å². The number of hydrogen-bond donors (Lipinski definition) is 2. The van der Waals surface area contributed by atoms with E-state index in [2.05, 4.69) is 46.8 Å². The third kappa shape index (κ3) is 4.71. The number of nitrogens with zero attached hydrogens (tertiary/aromatic N) is 1. The highest BCUT2D eigenvalue weighted by molar-refractivity contribution is 5.79. The first-order valence-electron chi connectivity index (χ1n) is 9.87. The minimum atomic E-state index is -0.175. The SMILES string of the molecule is CN=C(NCc1ccc(F)c(C)c1)NCC1(c2ccccc2C)CCOCC1. The lowest BCUT2D eigenvalue weighted by Gasteiger charge is -2.39. The van der Waals surface area contributed by atoms with E-state index in [-0.39, 0.29) is 11.2 Å². The molecular formula is C23H30FN3O. The first kappa shape index (κ1) is 20.3. The van der Waals surface area contributed by atoms with Gasteiger partial charge < -0.3 is 15.4 Å². The predicted molar refractivity (Wildman–Crippen MR) is 112 cm³/mol. The van der Waals surface area contributed by atoms with E-state index in [4.69, 9.17) is 4.74 Å². The predicted octanol–water partition coefficient (Wildman–Crippen LogP) is 3.86. The Kier molecular flexibility index (Phi) is 6.68. The Morgan fingerprint density at radius 2 is 1.82 bits per heavy atom. The largest absolute Gasteiger partial charge is 0.381 e. The van der Waals surface area contributed by atoms with Crippen molar-refractivity contribution in [1.82, 2.24) is 10.6 Å². The summed E-state index contributed by atoms with van der Waals surface area (Å²) in [6.45, 7) is 6.90. The number of aryl methyl sites for hydroxylation is 2. The van der Waals surface area contributed by atoms with Gasteiger partial charge in [0.1, 0.15) is 5.82 Å². The molecule has 0 aromatic heterocycles. The van der Waals surface area contributed by atoms with Gasteiger partial charge in [0, 0.05) is 38.8 Å². The van der Waals surface area contributed by atoms with Crippen molar-refractivity contribution in [2.45, 2.75) is 38.6 Å². The third-order valence-corrected chi connectivity index (χ3v) is 5.67. The Balaban J connectivity index is 1.67. The molecule has 0 radical (unpaired) electrons. The van der Waals surface area contributed by atoms with E-state index < -0.39 is 0 Å². The summed E-state index contributed by atoms with van der Waals surface area (Å²) in [5.41, 5.74) is 4.42. The Morgan fingerprint density at radius 1 is 1.07 bits per heavy atom. The van der Waals surface area contributed by atoms with Crippen LogP contribution in [0, 0.1) is 19.7 Å². The van der Waals surface area contributed by atoms with Crippen LogP contribution in [0.1, 0.15) is 35.1 Å². The molecule has 1 saturated heterocycles. The number of halogens is 1. The highest BCUT2D eigenvalue weighted by Crippen LogP contribution is 2.36. The van der Waals surface area contributed by atoms with Crippen molar-refractivity contribution in [3.63, 3.8) is 0 Å². The van der Waals surface area contributed by atoms with Gasteiger partial charge in [-0.1, -0.05) is 36.4 Å². The van der Waals surface area contributed by atoms with Crippen molar-refractivity contribution in [3.05, 3.63) is 70.5 Å². The fourth-order valence-electron chi connectivity index (χ4n) is 3.95. The maximum atomic E-state index is 13.5. The van der Waals surface area contributed by atoms with Crippen molar-refractivity contribution >= 4 is 5.96 Å². The molecule has 0 unspecified atom stereocenters. The Hall–Kier alpha value is -2.40. The molecule has 2 aromatic carbocycles. The van der Waals surface area contributed by atoms with Crippen LogP contribution in [0.3, 0.4) is 0 Å². The fraction of sp³-hybridized carbons (Fsp3) is 0.435. The molecule has 0 atom stereocenters. The number of aliphatic imine (C=N–C) groups is 1. The molecule has 1 aliphatic rings. The average Bonchev–Trinajstić information content (AvgIpc) is 2.71. The normalized spacial score (nSPS) is 16.6. The zero-order valence-corrected chi connectivity index (χ0v) is 17.0. The molecule has 1 fully saturated rings. The van der Waals surface area contributed by atoms with Gasteiger partial charge in [0.25, 0.3) is 0 Å². The van der Waals surface area contributed by atoms with E-state index in [1.165, 1.54) is 17.2 Å². The molecule has 5 heteroatoms. The molecule has 150 valence electrons. The van der Waals surface area contributed by atoms with Gasteiger partial charge >= 0.3 is 0 Å². The maximum Gasteiger partial charge on any atom is 0.191 e. The lowest BCUT2D eigenvalue weighted by Crippen LogP contribution is -2.48. The Bertz CT molecular complexity index is 828. The van der Waals surface area contributed by atoms with Crippen molar-refractivity contribution in [2.75, 3.05) is 26.8 Å². The number of nitrogens with one attached hydrogen (secondary N) is 2. The number of guanidine groups is 1. The fourth-order valence-corrected chi connectivity index (χ4v) is 3.95. The van der Waals surface area contributed by atoms with Gasteiger partial charge in [-0.3, -0.25) is 4.99 Å². The van der Waals surface area contributed by atoms with Crippen LogP contribution in [0.5, 0.6) is 0 Å². The molecule has 0 amide bonds. The summed E-state index contributed by atoms with van der Waals surface area (Å²) in [6, 6.07) is 13.8. The standard InChI is InChI=1S/C23H30FN3O/c1-17-6-4-5-7-20(17)23(10-12-28-13-11-23)16-27-22(25-3)26-15-19-8-9-21(24)18(2)14-19/h4-9,14H,10-13,15-16H2,1-3H3,(H2,25,26,27). The van der Waals surface area contributed by atoms with Crippen molar-refractivity contribution in [2.24, 2.45) is 4.99 Å². The number of rotatable bonds is 5. The quantitative estimate of drug-likeness (QED) is 0.609. The number of ether oxygens (including phenoxy) is 1. The van der Waals surface area contributed by atoms with Crippen molar-refractivity contribution < 1.29 is 9.13 Å². The molecular weight excluding hydrogens is 353 g/mol. The average molecular weight is 384 g/mol. The molecule has 4 nitrogen and oxygen atoms in total. The van der Waals surface area contributed by atoms with Gasteiger partial charge in [0.05, 0.1) is 0 Å². The summed E-state index contributed by atoms with van der Waals surface area (Å²) < 4.78 is 19.1. The monoisotopic (exact) mass is 383 g/mol. The van der Waals surface area contributed by atoms with E-state index in [0.717, 1.165) is 44.1 Å². The molecule has 0 saturated carbocycles. The Labute approximate surface area is 167 Å². The summed E-state index contributed by atoms with van der Waals surface area (Å²) in [7, 11) is 1.77. The zero-order valence-electron chi connectivity index (χ0n) is 17.0. The van der Waals surface area contributed by atoms with E-state index >= 15 is 0 Å². The van der Waals surface area contributed by atoms with Gasteiger partial charge in [-0.2, -0.15) is 0 Å². The lowest BCUT2D eigenvalue weighted by atomic mass is 9.72. The molecule has 1 heterocycles. The number of hydrogen-bond acceptors (Lipinski definition) is 2. The van der Waals surface area contributed by atoms with E-state index in [9.17, 15) is 4.39 Å². The summed E-state index contributed by atoms with van der Waals surface area (Å²) in [6.07, 6.45) is 1.97. The zero-order chi connectivity index (χ0) is 20.0. The van der Waals surface area contributed by atoms with Crippen molar-refractivity contribution in [1.29, 1.82) is 0 Å². The summed E-state index contributed by atoms with van der Waals surface area (Å²) in [5.74, 6) is 0.576. The van der Waals surface area contributed by atoms with Crippen LogP contribution in [-0.4, -0.2) is 32.8 Å². The smallest absolute Gasteiger partial charge is 0.191 e. The minimum Gasteiger partial charge on any atom is -0.381 e. The maximum absolute atomic E-state index is 13.5. The van der Waals surface area contributed by atoms with Gasteiger partial charge in [0.15, 0.2) is 5.96 Å². The third-order valence-electron chi connectivity index (χ3n) is 5.67. The molecule has 3 rings (SSSR count). The molecule has 0 aliphatic carbocycles. The van der Waals surface area contributed by atoms with Gasteiger partial charge in [-0.15, -0.1) is 0 Å². The molecule has 2 N–H and O–H groups in total.